The van der Waals surface area contributed by atoms with Crippen molar-refractivity contribution in [3.05, 3.63) is 61.6 Å². The van der Waals surface area contributed by atoms with Gasteiger partial charge in [-0.1, -0.05) is 17.9 Å². The number of nitrogens with zero attached hydrogens (tertiary/aromatic N) is 6. The van der Waals surface area contributed by atoms with E-state index in [4.69, 9.17) is 5.73 Å². The Kier molecular flexibility index (Phi) is 6.39. The molecule has 0 saturated carbocycles. The first-order chi connectivity index (χ1) is 17.8. The van der Waals surface area contributed by atoms with Gasteiger partial charge < -0.3 is 25.6 Å². The Hall–Kier alpha value is -4.23. The molecule has 0 aromatic carbocycles. The number of aliphatic hydroxyl groups is 1. The van der Waals surface area contributed by atoms with Crippen LogP contribution in [0.1, 0.15) is 12.8 Å². The summed E-state index contributed by atoms with van der Waals surface area (Å²) in [6, 6.07) is 4.64. The maximum Gasteiger partial charge on any atom is 0.246 e. The first kappa shape index (κ1) is 24.5. The van der Waals surface area contributed by atoms with Crippen molar-refractivity contribution >= 4 is 45.1 Å². The van der Waals surface area contributed by atoms with Crippen LogP contribution in [-0.2, 0) is 16.1 Å². The number of thiazole rings is 1. The lowest BCUT2D eigenvalue weighted by Gasteiger charge is -2.35. The molecule has 37 heavy (non-hydrogen) atoms. The van der Waals surface area contributed by atoms with Gasteiger partial charge in [0, 0.05) is 38.0 Å². The number of primary amides is 1. The van der Waals surface area contributed by atoms with E-state index < -0.39 is 29.3 Å². The van der Waals surface area contributed by atoms with Crippen molar-refractivity contribution in [3.8, 4) is 10.6 Å². The molecule has 5 heterocycles. The molecule has 5 rings (SSSR count). The molecule has 1 aliphatic heterocycles. The van der Waals surface area contributed by atoms with E-state index >= 15 is 0 Å². The van der Waals surface area contributed by atoms with Crippen LogP contribution in [0.25, 0.3) is 21.6 Å². The number of hydrogen-bond donors (Lipinski definition) is 3. The number of carbonyl (C=O) groups is 2. The number of halogens is 1. The standard InChI is InChI=1S/C24H23FN8O3S/c1-2-20(35)33-12-14(34)9-24(33,22(26)36)5-7-32-13-30-16-10-28-19(8-17(16)32)31-23-29-11-18(37-23)21-15(25)4-3-6-27-21/h2-4,6,8,10-11,13-14,34H,1,5,7,9,12H2,(H2,26,36)(H,28,29,31). The van der Waals surface area contributed by atoms with Gasteiger partial charge in [-0.25, -0.2) is 19.3 Å². The minimum atomic E-state index is -1.34. The number of β-amino-alcohol motifs (C(OH)–C–C–N with tert-alkyl or cyclic N) is 1. The zero-order valence-corrected chi connectivity index (χ0v) is 20.4. The first-order valence-corrected chi connectivity index (χ1v) is 12.2. The van der Waals surface area contributed by atoms with Gasteiger partial charge in [-0.2, -0.15) is 0 Å². The van der Waals surface area contributed by atoms with Gasteiger partial charge in [0.1, 0.15) is 28.4 Å². The molecule has 4 aromatic rings. The maximum absolute atomic E-state index is 14.1. The van der Waals surface area contributed by atoms with Gasteiger partial charge in [-0.05, 0) is 24.6 Å². The molecule has 11 nitrogen and oxygen atoms in total. The van der Waals surface area contributed by atoms with Crippen LogP contribution in [0.2, 0.25) is 0 Å². The van der Waals surface area contributed by atoms with Crippen LogP contribution in [-0.4, -0.2) is 64.5 Å². The Morgan fingerprint density at radius 2 is 2.16 bits per heavy atom. The predicted octanol–water partition coefficient (Wildman–Crippen LogP) is 2.23. The Labute approximate surface area is 214 Å². The van der Waals surface area contributed by atoms with E-state index in [1.165, 1.54) is 40.8 Å². The monoisotopic (exact) mass is 522 g/mol. The van der Waals surface area contributed by atoms with Crippen molar-refractivity contribution in [3.63, 3.8) is 0 Å². The topological polar surface area (TPSA) is 152 Å². The van der Waals surface area contributed by atoms with Crippen LogP contribution in [0.15, 0.2) is 55.8 Å². The van der Waals surface area contributed by atoms with E-state index in [2.05, 4.69) is 31.8 Å². The van der Waals surface area contributed by atoms with Crippen molar-refractivity contribution in [2.75, 3.05) is 11.9 Å². The molecule has 0 bridgehead atoms. The van der Waals surface area contributed by atoms with Crippen LogP contribution in [0, 0.1) is 5.82 Å². The average molecular weight is 523 g/mol. The molecule has 0 spiro atoms. The van der Waals surface area contributed by atoms with Crippen LogP contribution in [0.4, 0.5) is 15.3 Å². The third kappa shape index (κ3) is 4.54. The van der Waals surface area contributed by atoms with E-state index in [1.54, 1.807) is 18.6 Å². The zero-order chi connectivity index (χ0) is 26.2. The normalized spacial score (nSPS) is 19.3. The molecular formula is C24H23FN8O3S. The molecule has 1 saturated heterocycles. The lowest BCUT2D eigenvalue weighted by molar-refractivity contribution is -0.140. The van der Waals surface area contributed by atoms with Crippen molar-refractivity contribution in [2.24, 2.45) is 5.73 Å². The van der Waals surface area contributed by atoms with Gasteiger partial charge in [-0.3, -0.25) is 14.6 Å². The molecule has 190 valence electrons. The second-order valence-corrected chi connectivity index (χ2v) is 9.67. The number of carbonyl (C=O) groups excluding carboxylic acids is 2. The summed E-state index contributed by atoms with van der Waals surface area (Å²) in [7, 11) is 0. The summed E-state index contributed by atoms with van der Waals surface area (Å²) in [6.07, 6.45) is 6.74. The van der Waals surface area contributed by atoms with Crippen LogP contribution in [0.5, 0.6) is 0 Å². The number of aliphatic hydroxyl groups excluding tert-OH is 1. The lowest BCUT2D eigenvalue weighted by Crippen LogP contribution is -2.56. The fraction of sp³-hybridized carbons (Fsp3) is 0.250. The number of amides is 2. The number of pyridine rings is 2. The Morgan fingerprint density at radius 3 is 2.92 bits per heavy atom. The fourth-order valence-corrected chi connectivity index (χ4v) is 5.41. The average Bonchev–Trinajstić information content (AvgIpc) is 3.60. The molecule has 4 aromatic heterocycles. The summed E-state index contributed by atoms with van der Waals surface area (Å²) in [5, 5.41) is 13.8. The van der Waals surface area contributed by atoms with Crippen molar-refractivity contribution in [1.82, 2.24) is 29.4 Å². The number of likely N-dealkylation sites (tertiary alicyclic amines) is 1. The second kappa shape index (κ2) is 9.67. The minimum absolute atomic E-state index is 0.00859. The summed E-state index contributed by atoms with van der Waals surface area (Å²) in [4.78, 5) is 43.9. The molecule has 1 aliphatic rings. The van der Waals surface area contributed by atoms with Crippen molar-refractivity contribution in [2.45, 2.75) is 31.0 Å². The molecule has 13 heteroatoms. The molecule has 1 fully saturated rings. The van der Waals surface area contributed by atoms with Gasteiger partial charge in [0.05, 0.1) is 29.0 Å². The van der Waals surface area contributed by atoms with Gasteiger partial charge in [0.2, 0.25) is 11.8 Å². The van der Waals surface area contributed by atoms with Crippen LogP contribution in [0.3, 0.4) is 0 Å². The Bertz CT molecular complexity index is 1500. The largest absolute Gasteiger partial charge is 0.391 e. The number of imidazole rings is 1. The molecule has 2 amide bonds. The van der Waals surface area contributed by atoms with E-state index in [-0.39, 0.29) is 25.1 Å². The number of nitrogens with two attached hydrogens (primary N) is 1. The zero-order valence-electron chi connectivity index (χ0n) is 19.5. The Balaban J connectivity index is 1.37. The number of nitrogens with one attached hydrogen (secondary N) is 1. The molecule has 2 unspecified atom stereocenters. The van der Waals surface area contributed by atoms with Gasteiger partial charge in [-0.15, -0.1) is 0 Å². The summed E-state index contributed by atoms with van der Waals surface area (Å²) >= 11 is 1.23. The quantitative estimate of drug-likeness (QED) is 0.298. The van der Waals surface area contributed by atoms with E-state index in [0.717, 1.165) is 11.6 Å². The van der Waals surface area contributed by atoms with E-state index in [0.29, 0.717) is 27.9 Å². The van der Waals surface area contributed by atoms with Crippen molar-refractivity contribution in [1.29, 1.82) is 0 Å². The SMILES string of the molecule is C=CC(=O)N1CC(O)CC1(CCn1cnc2cnc(Nc3ncc(-c4ncccc4F)s3)cc21)C(N)=O. The van der Waals surface area contributed by atoms with Gasteiger partial charge in [0.15, 0.2) is 5.13 Å². The molecule has 0 aliphatic carbocycles. The highest BCUT2D eigenvalue weighted by molar-refractivity contribution is 7.18. The molecule has 2 atom stereocenters. The summed E-state index contributed by atoms with van der Waals surface area (Å²) in [5.41, 5.74) is 5.97. The van der Waals surface area contributed by atoms with Crippen LogP contribution >= 0.6 is 11.3 Å². The fourth-order valence-electron chi connectivity index (χ4n) is 4.59. The number of anilines is 2. The number of hydrogen-bond acceptors (Lipinski definition) is 9. The van der Waals surface area contributed by atoms with Crippen molar-refractivity contribution < 1.29 is 19.1 Å². The molecular weight excluding hydrogens is 499 g/mol. The lowest BCUT2D eigenvalue weighted by atomic mass is 9.90. The number of aryl methyl sites for hydroxylation is 1. The smallest absolute Gasteiger partial charge is 0.246 e. The van der Waals surface area contributed by atoms with Crippen LogP contribution < -0.4 is 11.1 Å². The highest BCUT2D eigenvalue weighted by Crippen LogP contribution is 2.34. The highest BCUT2D eigenvalue weighted by atomic mass is 32.1. The van der Waals surface area contributed by atoms with E-state index in [1.807, 2.05) is 4.57 Å². The predicted molar refractivity (Wildman–Crippen MR) is 135 cm³/mol. The first-order valence-electron chi connectivity index (χ1n) is 11.4. The summed E-state index contributed by atoms with van der Waals surface area (Å²) in [6.45, 7) is 3.80. The highest BCUT2D eigenvalue weighted by Gasteiger charge is 2.51. The van der Waals surface area contributed by atoms with Gasteiger partial charge >= 0.3 is 0 Å². The molecule has 4 N–H and O–H groups in total. The number of rotatable bonds is 8. The number of aromatic nitrogens is 5. The van der Waals surface area contributed by atoms with E-state index in [9.17, 15) is 19.1 Å². The third-order valence-electron chi connectivity index (χ3n) is 6.39. The van der Waals surface area contributed by atoms with Gasteiger partial charge in [0.25, 0.3) is 0 Å². The Morgan fingerprint density at radius 1 is 1.32 bits per heavy atom. The number of fused-ring (bicyclic) bond motifs is 1. The summed E-state index contributed by atoms with van der Waals surface area (Å²) in [5.74, 6) is -1.09. The molecule has 0 radical (unpaired) electrons. The third-order valence-corrected chi connectivity index (χ3v) is 7.31. The maximum atomic E-state index is 14.1. The minimum Gasteiger partial charge on any atom is -0.391 e. The second-order valence-electron chi connectivity index (χ2n) is 8.64. The summed E-state index contributed by atoms with van der Waals surface area (Å²) < 4.78 is 15.9.